The lowest BCUT2D eigenvalue weighted by Crippen LogP contribution is -2.57. The highest BCUT2D eigenvalue weighted by Crippen LogP contribution is 2.27. The molecule has 0 aliphatic rings. The van der Waals surface area contributed by atoms with Crippen LogP contribution in [-0.2, 0) is 10.0 Å². The Bertz CT molecular complexity index is 776. The van der Waals surface area contributed by atoms with Crippen molar-refractivity contribution >= 4 is 27.3 Å². The molecule has 2 N–H and O–H groups in total. The van der Waals surface area contributed by atoms with Crippen LogP contribution in [0.4, 0.5) is 0 Å². The third kappa shape index (κ3) is 2.91. The predicted molar refractivity (Wildman–Crippen MR) is 80.9 cm³/mol. The number of aliphatic hydroxyl groups is 1. The molecule has 0 unspecified atom stereocenters. The van der Waals surface area contributed by atoms with Gasteiger partial charge in [0.05, 0.1) is 11.1 Å². The first kappa shape index (κ1) is 16.2. The van der Waals surface area contributed by atoms with Crippen LogP contribution >= 0.6 is 11.6 Å². The highest BCUT2D eigenvalue weighted by molar-refractivity contribution is 7.89. The Morgan fingerprint density at radius 3 is 2.48 bits per heavy atom. The molecule has 0 aliphatic carbocycles. The molecule has 2 aromatic heterocycles. The van der Waals surface area contributed by atoms with Gasteiger partial charge >= 0.3 is 0 Å². The zero-order valence-corrected chi connectivity index (χ0v) is 13.8. The van der Waals surface area contributed by atoms with E-state index < -0.39 is 21.2 Å². The zero-order chi connectivity index (χ0) is 16.1. The summed E-state index contributed by atoms with van der Waals surface area (Å²) < 4.78 is 29.1. The van der Waals surface area contributed by atoms with Gasteiger partial charge in [0.25, 0.3) is 10.0 Å². The molecule has 8 heteroatoms. The molecule has 0 bridgehead atoms. The zero-order valence-electron chi connectivity index (χ0n) is 12.3. The number of halogens is 1. The molecule has 0 radical (unpaired) electrons. The van der Waals surface area contributed by atoms with Crippen LogP contribution in [0.15, 0.2) is 29.4 Å². The van der Waals surface area contributed by atoms with Gasteiger partial charge in [0.15, 0.2) is 10.2 Å². The Balaban J connectivity index is 2.56. The van der Waals surface area contributed by atoms with Crippen molar-refractivity contribution < 1.29 is 13.5 Å². The average Bonchev–Trinajstić information content (AvgIpc) is 2.62. The maximum Gasteiger partial charge on any atom is 0.260 e. The number of rotatable bonds is 4. The van der Waals surface area contributed by atoms with E-state index in [0.717, 1.165) is 0 Å². The number of sulfonamides is 1. The lowest BCUT2D eigenvalue weighted by atomic mass is 9.87. The minimum atomic E-state index is -3.96. The fourth-order valence-corrected chi connectivity index (χ4v) is 3.88. The summed E-state index contributed by atoms with van der Waals surface area (Å²) in [5.41, 5.74) is -1.91. The van der Waals surface area contributed by atoms with Gasteiger partial charge in [-0.2, -0.15) is 0 Å². The summed E-state index contributed by atoms with van der Waals surface area (Å²) >= 11 is 5.98. The van der Waals surface area contributed by atoms with Crippen LogP contribution in [0.25, 0.3) is 5.65 Å². The summed E-state index contributed by atoms with van der Waals surface area (Å²) in [6, 6.07) is 5.08. The van der Waals surface area contributed by atoms with E-state index in [1.807, 2.05) is 0 Å². The summed E-state index contributed by atoms with van der Waals surface area (Å²) in [5.74, 6) is 0. The summed E-state index contributed by atoms with van der Waals surface area (Å²) in [6.45, 7) is 6.26. The van der Waals surface area contributed by atoms with Gasteiger partial charge in [0.2, 0.25) is 0 Å². The minimum absolute atomic E-state index is 0.111. The standard InChI is InChI=1S/C13H18ClN3O3S/c1-12(2,13(3,4)18)16-21(19,20)11-10(14)15-9-7-5-6-8-17(9)11/h5-8,16,18H,1-4H3. The lowest BCUT2D eigenvalue weighted by molar-refractivity contribution is 0.00635. The maximum atomic E-state index is 12.6. The Morgan fingerprint density at radius 1 is 1.29 bits per heavy atom. The molecule has 2 aromatic rings. The van der Waals surface area contributed by atoms with Gasteiger partial charge in [-0.1, -0.05) is 17.7 Å². The second kappa shape index (κ2) is 4.95. The van der Waals surface area contributed by atoms with E-state index in [1.165, 1.54) is 18.2 Å². The molecule has 0 atom stereocenters. The van der Waals surface area contributed by atoms with E-state index in [4.69, 9.17) is 11.6 Å². The summed E-state index contributed by atoms with van der Waals surface area (Å²) in [5, 5.41) is 9.85. The molecule has 2 heterocycles. The number of nitrogens with zero attached hydrogens (tertiary/aromatic N) is 2. The number of pyridine rings is 1. The Morgan fingerprint density at radius 2 is 1.90 bits per heavy atom. The summed E-state index contributed by atoms with van der Waals surface area (Å²) in [4.78, 5) is 4.02. The van der Waals surface area contributed by atoms with E-state index >= 15 is 0 Å². The second-order valence-corrected chi connectivity index (χ2v) is 7.88. The predicted octanol–water partition coefficient (Wildman–Crippen LogP) is 1.82. The van der Waals surface area contributed by atoms with Crippen molar-refractivity contribution in [2.45, 2.75) is 43.9 Å². The highest BCUT2D eigenvalue weighted by atomic mass is 35.5. The molecule has 0 saturated carbocycles. The molecular formula is C13H18ClN3O3S. The molecule has 0 aromatic carbocycles. The number of hydrogen-bond donors (Lipinski definition) is 2. The van der Waals surface area contributed by atoms with Gasteiger partial charge in [0, 0.05) is 6.20 Å². The topological polar surface area (TPSA) is 83.7 Å². The maximum absolute atomic E-state index is 12.6. The SMILES string of the molecule is CC(C)(O)C(C)(C)NS(=O)(=O)c1c(Cl)nc2ccccn12. The van der Waals surface area contributed by atoms with Crippen molar-refractivity contribution in [1.82, 2.24) is 14.1 Å². The lowest BCUT2D eigenvalue weighted by Gasteiger charge is -2.37. The van der Waals surface area contributed by atoms with Crippen molar-refractivity contribution in [3.63, 3.8) is 0 Å². The normalized spacial score (nSPS) is 13.8. The van der Waals surface area contributed by atoms with Crippen LogP contribution in [0.5, 0.6) is 0 Å². The van der Waals surface area contributed by atoms with Crippen molar-refractivity contribution in [1.29, 1.82) is 0 Å². The monoisotopic (exact) mass is 331 g/mol. The van der Waals surface area contributed by atoms with Crippen LogP contribution in [0, 0.1) is 0 Å². The van der Waals surface area contributed by atoms with Gasteiger partial charge in [-0.3, -0.25) is 4.40 Å². The van der Waals surface area contributed by atoms with Gasteiger partial charge in [0.1, 0.15) is 5.65 Å². The largest absolute Gasteiger partial charge is 0.389 e. The fourth-order valence-electron chi connectivity index (χ4n) is 1.69. The van der Waals surface area contributed by atoms with E-state index in [0.29, 0.717) is 5.65 Å². The smallest absolute Gasteiger partial charge is 0.260 e. The van der Waals surface area contributed by atoms with Crippen molar-refractivity contribution in [2.75, 3.05) is 0 Å². The second-order valence-electron chi connectivity index (χ2n) is 5.93. The van der Waals surface area contributed by atoms with Gasteiger partial charge < -0.3 is 5.11 Å². The molecule has 0 spiro atoms. The molecule has 0 amide bonds. The van der Waals surface area contributed by atoms with Crippen molar-refractivity contribution in [3.8, 4) is 0 Å². The molecule has 2 rings (SSSR count). The van der Waals surface area contributed by atoms with E-state index in [1.54, 1.807) is 38.2 Å². The molecular weight excluding hydrogens is 314 g/mol. The average molecular weight is 332 g/mol. The van der Waals surface area contributed by atoms with Crippen LogP contribution in [0.1, 0.15) is 27.7 Å². The first-order valence-corrected chi connectivity index (χ1v) is 8.21. The van der Waals surface area contributed by atoms with Gasteiger partial charge in [-0.05, 0) is 39.8 Å². The third-order valence-corrected chi connectivity index (χ3v) is 5.67. The first-order valence-electron chi connectivity index (χ1n) is 6.35. The Hall–Kier alpha value is -1.15. The molecule has 116 valence electrons. The van der Waals surface area contributed by atoms with E-state index in [-0.39, 0.29) is 10.2 Å². The number of imidazole rings is 1. The molecule has 21 heavy (non-hydrogen) atoms. The summed E-state index contributed by atoms with van der Waals surface area (Å²) in [6.07, 6.45) is 1.57. The van der Waals surface area contributed by atoms with E-state index in [2.05, 4.69) is 9.71 Å². The molecule has 0 aliphatic heterocycles. The van der Waals surface area contributed by atoms with Crippen LogP contribution in [-0.4, -0.2) is 34.0 Å². The molecule has 0 fully saturated rings. The number of nitrogens with one attached hydrogen (secondary N) is 1. The van der Waals surface area contributed by atoms with Crippen LogP contribution in [0.2, 0.25) is 5.15 Å². The highest BCUT2D eigenvalue weighted by Gasteiger charge is 2.40. The van der Waals surface area contributed by atoms with Crippen LogP contribution in [0.3, 0.4) is 0 Å². The minimum Gasteiger partial charge on any atom is -0.389 e. The van der Waals surface area contributed by atoms with Gasteiger partial charge in [-0.15, -0.1) is 0 Å². The molecule has 6 nitrogen and oxygen atoms in total. The molecule has 0 saturated heterocycles. The van der Waals surface area contributed by atoms with Gasteiger partial charge in [-0.25, -0.2) is 18.1 Å². The Kier molecular flexibility index (Phi) is 3.82. The van der Waals surface area contributed by atoms with Crippen molar-refractivity contribution in [3.05, 3.63) is 29.5 Å². The first-order chi connectivity index (χ1) is 9.46. The fraction of sp³-hybridized carbons (Fsp3) is 0.462. The Labute approximate surface area is 128 Å². The van der Waals surface area contributed by atoms with E-state index in [9.17, 15) is 13.5 Å². The summed E-state index contributed by atoms with van der Waals surface area (Å²) in [7, 11) is -3.96. The number of hydrogen-bond acceptors (Lipinski definition) is 4. The van der Waals surface area contributed by atoms with Crippen LogP contribution < -0.4 is 4.72 Å². The number of aromatic nitrogens is 2. The van der Waals surface area contributed by atoms with Crippen molar-refractivity contribution in [2.24, 2.45) is 0 Å². The number of fused-ring (bicyclic) bond motifs is 1. The third-order valence-electron chi connectivity index (χ3n) is 3.62. The quantitative estimate of drug-likeness (QED) is 0.895.